The molecule has 0 aliphatic carbocycles. The molecule has 3 aromatic carbocycles. The van der Waals surface area contributed by atoms with Gasteiger partial charge in [-0.25, -0.2) is 0 Å². The topological polar surface area (TPSA) is 46.2 Å². The summed E-state index contributed by atoms with van der Waals surface area (Å²) in [6.45, 7) is 1.52. The highest BCUT2D eigenvalue weighted by Gasteiger charge is 2.12. The van der Waals surface area contributed by atoms with E-state index < -0.39 is 0 Å². The first-order valence-corrected chi connectivity index (χ1v) is 8.38. The van der Waals surface area contributed by atoms with Gasteiger partial charge in [-0.2, -0.15) is 0 Å². The molecule has 0 spiro atoms. The summed E-state index contributed by atoms with van der Waals surface area (Å²) in [4.78, 5) is 24.3. The Labute approximate surface area is 153 Å². The molecule has 0 fully saturated rings. The molecule has 0 bridgehead atoms. The van der Waals surface area contributed by atoms with Crippen molar-refractivity contribution in [1.29, 1.82) is 0 Å². The van der Waals surface area contributed by atoms with Gasteiger partial charge < -0.3 is 5.32 Å². The van der Waals surface area contributed by atoms with Gasteiger partial charge in [-0.1, -0.05) is 60.7 Å². The first-order chi connectivity index (χ1) is 12.6. The van der Waals surface area contributed by atoms with Gasteiger partial charge in [-0.15, -0.1) is 0 Å². The van der Waals surface area contributed by atoms with Gasteiger partial charge in [-0.05, 0) is 48.4 Å². The minimum absolute atomic E-state index is 0.00294. The van der Waals surface area contributed by atoms with Crippen LogP contribution in [-0.2, 0) is 4.79 Å². The molecule has 26 heavy (non-hydrogen) atoms. The van der Waals surface area contributed by atoms with Crippen LogP contribution in [0.1, 0.15) is 28.4 Å². The molecule has 0 radical (unpaired) electrons. The molecule has 1 N–H and O–H groups in total. The number of Topliss-reactive ketones (excluding diaryl/α,β-unsaturated/α-hetero) is 1. The number of nitrogens with one attached hydrogen (secondary N) is 1. The molecule has 0 atom stereocenters. The van der Waals surface area contributed by atoms with E-state index in [9.17, 15) is 9.59 Å². The van der Waals surface area contributed by atoms with Gasteiger partial charge in [0.05, 0.1) is 0 Å². The lowest BCUT2D eigenvalue weighted by Gasteiger charge is -2.10. The van der Waals surface area contributed by atoms with Crippen molar-refractivity contribution in [2.45, 2.75) is 6.92 Å². The Balaban J connectivity index is 1.90. The third kappa shape index (κ3) is 4.33. The Morgan fingerprint density at radius 3 is 1.88 bits per heavy atom. The summed E-state index contributed by atoms with van der Waals surface area (Å²) in [5, 5.41) is 2.91. The van der Waals surface area contributed by atoms with Gasteiger partial charge in [0.2, 0.25) is 0 Å². The molecular formula is C23H19NO2. The zero-order chi connectivity index (χ0) is 18.4. The summed E-state index contributed by atoms with van der Waals surface area (Å²) in [5.74, 6) is -0.201. The predicted octanol–water partition coefficient (Wildman–Crippen LogP) is 5.07. The smallest absolute Gasteiger partial charge is 0.256 e. The summed E-state index contributed by atoms with van der Waals surface area (Å²) >= 11 is 0. The van der Waals surface area contributed by atoms with Crippen molar-refractivity contribution in [1.82, 2.24) is 0 Å². The fourth-order valence-corrected chi connectivity index (χ4v) is 2.60. The van der Waals surface area contributed by atoms with Gasteiger partial charge in [0.25, 0.3) is 5.91 Å². The normalized spacial score (nSPS) is 11.0. The molecule has 0 aliphatic heterocycles. The van der Waals surface area contributed by atoms with Crippen LogP contribution in [0.4, 0.5) is 5.69 Å². The maximum Gasteiger partial charge on any atom is 0.256 e. The van der Waals surface area contributed by atoms with Crippen LogP contribution in [0.25, 0.3) is 11.6 Å². The Morgan fingerprint density at radius 2 is 1.31 bits per heavy atom. The molecule has 0 aromatic heterocycles. The minimum atomic E-state index is -0.198. The van der Waals surface area contributed by atoms with E-state index in [1.807, 2.05) is 66.7 Å². The Morgan fingerprint density at radius 1 is 0.731 bits per heavy atom. The van der Waals surface area contributed by atoms with Crippen LogP contribution in [0, 0.1) is 0 Å². The summed E-state index contributed by atoms with van der Waals surface area (Å²) < 4.78 is 0. The number of anilines is 1. The molecule has 3 heteroatoms. The first-order valence-electron chi connectivity index (χ1n) is 8.38. The van der Waals surface area contributed by atoms with E-state index in [1.165, 1.54) is 6.92 Å². The second-order valence-electron chi connectivity index (χ2n) is 5.92. The predicted molar refractivity (Wildman–Crippen MR) is 106 cm³/mol. The van der Waals surface area contributed by atoms with Gasteiger partial charge in [0, 0.05) is 16.8 Å². The number of carbonyl (C=O) groups excluding carboxylic acids is 2. The standard InChI is InChI=1S/C23H19NO2/c1-17(25)19-12-14-21(15-13-19)24-23(26)22(20-10-6-3-7-11-20)16-18-8-4-2-5-9-18/h2-16H,1H3,(H,24,26)/b22-16+. The largest absolute Gasteiger partial charge is 0.322 e. The fraction of sp³-hybridized carbons (Fsp3) is 0.0435. The van der Waals surface area contributed by atoms with Gasteiger partial charge in [0.1, 0.15) is 0 Å². The summed E-state index contributed by atoms with van der Waals surface area (Å²) in [6.07, 6.45) is 1.87. The zero-order valence-corrected chi connectivity index (χ0v) is 14.5. The molecule has 0 saturated heterocycles. The highest BCUT2D eigenvalue weighted by atomic mass is 16.1. The third-order valence-corrected chi connectivity index (χ3v) is 3.99. The second kappa shape index (κ2) is 8.08. The Kier molecular flexibility index (Phi) is 5.40. The number of benzene rings is 3. The highest BCUT2D eigenvalue weighted by molar-refractivity contribution is 6.29. The molecule has 3 aromatic rings. The van der Waals surface area contributed by atoms with E-state index in [1.54, 1.807) is 24.3 Å². The molecule has 128 valence electrons. The van der Waals surface area contributed by atoms with E-state index in [0.717, 1.165) is 11.1 Å². The van der Waals surface area contributed by atoms with Gasteiger partial charge >= 0.3 is 0 Å². The number of carbonyl (C=O) groups is 2. The maximum absolute atomic E-state index is 12.9. The number of hydrogen-bond donors (Lipinski definition) is 1. The lowest BCUT2D eigenvalue weighted by atomic mass is 10.0. The number of ketones is 1. The molecule has 3 rings (SSSR count). The number of amides is 1. The second-order valence-corrected chi connectivity index (χ2v) is 5.92. The summed E-state index contributed by atoms with van der Waals surface area (Å²) in [5.41, 5.74) is 3.64. The van der Waals surface area contributed by atoms with E-state index in [2.05, 4.69) is 5.32 Å². The van der Waals surface area contributed by atoms with E-state index in [4.69, 9.17) is 0 Å². The molecule has 1 amide bonds. The van der Waals surface area contributed by atoms with Crippen molar-refractivity contribution in [2.75, 3.05) is 5.32 Å². The van der Waals surface area contributed by atoms with Crippen molar-refractivity contribution < 1.29 is 9.59 Å². The SMILES string of the molecule is CC(=O)c1ccc(NC(=O)/C(=C/c2ccccc2)c2ccccc2)cc1. The van der Waals surface area contributed by atoms with Crippen LogP contribution in [0.3, 0.4) is 0 Å². The van der Waals surface area contributed by atoms with Crippen molar-refractivity contribution in [3.8, 4) is 0 Å². The molecule has 0 saturated carbocycles. The lowest BCUT2D eigenvalue weighted by molar-refractivity contribution is -0.111. The van der Waals surface area contributed by atoms with Crippen LogP contribution in [0.2, 0.25) is 0 Å². The van der Waals surface area contributed by atoms with Gasteiger partial charge in [0.15, 0.2) is 5.78 Å². The molecule has 0 unspecified atom stereocenters. The lowest BCUT2D eigenvalue weighted by Crippen LogP contribution is -2.13. The monoisotopic (exact) mass is 341 g/mol. The summed E-state index contributed by atoms with van der Waals surface area (Å²) in [7, 11) is 0. The average Bonchev–Trinajstić information content (AvgIpc) is 2.68. The van der Waals surface area contributed by atoms with E-state index >= 15 is 0 Å². The fourth-order valence-electron chi connectivity index (χ4n) is 2.60. The first kappa shape index (κ1) is 17.4. The molecule has 3 nitrogen and oxygen atoms in total. The number of hydrogen-bond acceptors (Lipinski definition) is 2. The van der Waals surface area contributed by atoms with Crippen molar-refractivity contribution >= 4 is 29.0 Å². The van der Waals surface area contributed by atoms with Crippen molar-refractivity contribution in [3.63, 3.8) is 0 Å². The van der Waals surface area contributed by atoms with Crippen molar-refractivity contribution in [2.24, 2.45) is 0 Å². The van der Waals surface area contributed by atoms with Crippen LogP contribution < -0.4 is 5.32 Å². The quantitative estimate of drug-likeness (QED) is 0.400. The third-order valence-electron chi connectivity index (χ3n) is 3.99. The van der Waals surface area contributed by atoms with Crippen LogP contribution in [0.15, 0.2) is 84.9 Å². The van der Waals surface area contributed by atoms with Crippen molar-refractivity contribution in [3.05, 3.63) is 102 Å². The van der Waals surface area contributed by atoms with Crippen LogP contribution in [0.5, 0.6) is 0 Å². The average molecular weight is 341 g/mol. The summed E-state index contributed by atoms with van der Waals surface area (Å²) in [6, 6.07) is 26.2. The maximum atomic E-state index is 12.9. The number of rotatable bonds is 5. The Hall–Kier alpha value is -3.46. The molecule has 0 aliphatic rings. The molecular weight excluding hydrogens is 322 g/mol. The Bertz CT molecular complexity index is 927. The van der Waals surface area contributed by atoms with E-state index in [-0.39, 0.29) is 11.7 Å². The molecule has 0 heterocycles. The minimum Gasteiger partial charge on any atom is -0.322 e. The zero-order valence-electron chi connectivity index (χ0n) is 14.5. The van der Waals surface area contributed by atoms with Crippen LogP contribution >= 0.6 is 0 Å². The van der Waals surface area contributed by atoms with Gasteiger partial charge in [-0.3, -0.25) is 9.59 Å². The highest BCUT2D eigenvalue weighted by Crippen LogP contribution is 2.21. The van der Waals surface area contributed by atoms with Crippen LogP contribution in [-0.4, -0.2) is 11.7 Å². The van der Waals surface area contributed by atoms with E-state index in [0.29, 0.717) is 16.8 Å².